The Bertz CT molecular complexity index is 199. The van der Waals surface area contributed by atoms with E-state index in [1.165, 1.54) is 0 Å². The molecule has 0 unspecified atom stereocenters. The van der Waals surface area contributed by atoms with Crippen LogP contribution in [0.4, 0.5) is 0 Å². The summed E-state index contributed by atoms with van der Waals surface area (Å²) in [5.74, 6) is -2.15. The van der Waals surface area contributed by atoms with E-state index < -0.39 is 19.8 Å². The molecular weight excluding hydrogens is 246 g/mol. The van der Waals surface area contributed by atoms with E-state index in [4.69, 9.17) is 29.5 Å². The second kappa shape index (κ2) is 10.2. The molecule has 0 saturated carbocycles. The van der Waals surface area contributed by atoms with Crippen molar-refractivity contribution in [1.29, 1.82) is 0 Å². The van der Waals surface area contributed by atoms with Crippen LogP contribution in [0.15, 0.2) is 0 Å². The van der Waals surface area contributed by atoms with Gasteiger partial charge in [0.25, 0.3) is 0 Å². The standard InChI is InChI=1S/C4H6O4.K.H3O4P.H/c5-3(6)1-2-4(7)8;;1-5(2,3)4;/h1-2H2,(H,5,6)(H,7,8);;(H3,1,2,3,4);. The molecule has 8 nitrogen and oxygen atoms in total. The van der Waals surface area contributed by atoms with E-state index in [1.807, 2.05) is 0 Å². The van der Waals surface area contributed by atoms with Crippen LogP contribution in [-0.4, -0.2) is 88.2 Å². The fourth-order valence-corrected chi connectivity index (χ4v) is 0.214. The number of hydrogen-bond donors (Lipinski definition) is 5. The molecule has 0 bridgehead atoms. The molecular formula is C4H10KO8P. The molecule has 0 radical (unpaired) electrons. The molecule has 0 amide bonds. The minimum atomic E-state index is -4.64. The van der Waals surface area contributed by atoms with Crippen molar-refractivity contribution in [3.05, 3.63) is 0 Å². The Hall–Kier alpha value is 0.686. The van der Waals surface area contributed by atoms with Gasteiger partial charge in [-0.1, -0.05) is 0 Å². The maximum atomic E-state index is 9.64. The zero-order valence-corrected chi connectivity index (χ0v) is 7.22. The van der Waals surface area contributed by atoms with Crippen molar-refractivity contribution < 1.29 is 39.0 Å². The van der Waals surface area contributed by atoms with Crippen LogP contribution in [0, 0.1) is 0 Å². The normalized spacial score (nSPS) is 9.07. The predicted molar refractivity (Wildman–Crippen MR) is 45.9 cm³/mol. The fourth-order valence-electron chi connectivity index (χ4n) is 0.214. The first kappa shape index (κ1) is 20.1. The zero-order chi connectivity index (χ0) is 11.1. The van der Waals surface area contributed by atoms with Crippen LogP contribution in [-0.2, 0) is 14.2 Å². The van der Waals surface area contributed by atoms with Crippen molar-refractivity contribution in [2.45, 2.75) is 12.8 Å². The van der Waals surface area contributed by atoms with Gasteiger partial charge in [0.1, 0.15) is 0 Å². The summed E-state index contributed by atoms with van der Waals surface area (Å²) >= 11 is 0. The molecule has 0 rings (SSSR count). The molecule has 0 heterocycles. The number of hydrogen-bond acceptors (Lipinski definition) is 3. The summed E-state index contributed by atoms with van der Waals surface area (Å²) in [4.78, 5) is 40.8. The molecule has 0 fully saturated rings. The van der Waals surface area contributed by atoms with Gasteiger partial charge in [-0.05, 0) is 0 Å². The van der Waals surface area contributed by atoms with Gasteiger partial charge in [-0.15, -0.1) is 0 Å². The van der Waals surface area contributed by atoms with E-state index in [2.05, 4.69) is 0 Å². The molecule has 0 aliphatic heterocycles. The van der Waals surface area contributed by atoms with Gasteiger partial charge >= 0.3 is 71.1 Å². The number of carbonyl (C=O) groups is 2. The monoisotopic (exact) mass is 256 g/mol. The van der Waals surface area contributed by atoms with Crippen LogP contribution in [0.1, 0.15) is 12.8 Å². The quantitative estimate of drug-likeness (QED) is 0.297. The first-order valence-corrected chi connectivity index (χ1v) is 4.41. The number of carboxylic acid groups (broad SMARTS) is 2. The topological polar surface area (TPSA) is 152 Å². The molecule has 0 aliphatic rings. The summed E-state index contributed by atoms with van der Waals surface area (Å²) < 4.78 is 8.88. The van der Waals surface area contributed by atoms with Gasteiger partial charge in [-0.25, -0.2) is 4.57 Å². The van der Waals surface area contributed by atoms with Crippen LogP contribution in [0.3, 0.4) is 0 Å². The van der Waals surface area contributed by atoms with Crippen LogP contribution in [0.25, 0.3) is 0 Å². The summed E-state index contributed by atoms with van der Waals surface area (Å²) in [6, 6.07) is 0. The third-order valence-corrected chi connectivity index (χ3v) is 0.553. The summed E-state index contributed by atoms with van der Waals surface area (Å²) in [6.45, 7) is 0. The van der Waals surface area contributed by atoms with E-state index in [-0.39, 0.29) is 64.2 Å². The second-order valence-electron chi connectivity index (χ2n) is 1.80. The van der Waals surface area contributed by atoms with Crippen molar-refractivity contribution in [2.24, 2.45) is 0 Å². The Labute approximate surface area is 122 Å². The number of phosphoric acid groups is 1. The molecule has 5 N–H and O–H groups in total. The van der Waals surface area contributed by atoms with Crippen molar-refractivity contribution in [3.63, 3.8) is 0 Å². The van der Waals surface area contributed by atoms with E-state index in [0.29, 0.717) is 0 Å². The number of carboxylic acids is 2. The van der Waals surface area contributed by atoms with Gasteiger partial charge in [0.15, 0.2) is 0 Å². The Balaban J connectivity index is -0.000000177. The van der Waals surface area contributed by atoms with Crippen molar-refractivity contribution in [3.8, 4) is 0 Å². The molecule has 0 aromatic heterocycles. The minimum absolute atomic E-state index is 0. The Kier molecular flexibility index (Phi) is 14.7. The van der Waals surface area contributed by atoms with Crippen LogP contribution < -0.4 is 0 Å². The van der Waals surface area contributed by atoms with Gasteiger partial charge in [0.2, 0.25) is 0 Å². The molecule has 0 aromatic carbocycles. The van der Waals surface area contributed by atoms with E-state index in [9.17, 15) is 9.59 Å². The van der Waals surface area contributed by atoms with Gasteiger partial charge in [-0.3, -0.25) is 9.59 Å². The van der Waals surface area contributed by atoms with Crippen molar-refractivity contribution in [1.82, 2.24) is 0 Å². The predicted octanol–water partition coefficient (Wildman–Crippen LogP) is -1.64. The first-order valence-electron chi connectivity index (χ1n) is 2.85. The summed E-state index contributed by atoms with van der Waals surface area (Å²) in [7, 11) is -4.64. The van der Waals surface area contributed by atoms with Crippen LogP contribution >= 0.6 is 7.82 Å². The molecule has 0 aromatic rings. The van der Waals surface area contributed by atoms with Gasteiger partial charge in [0.05, 0.1) is 12.8 Å². The maximum absolute atomic E-state index is 9.64. The third-order valence-electron chi connectivity index (χ3n) is 0.553. The SMILES string of the molecule is O=C(O)CCC(=O)O.O=P(O)(O)O.[KH]. The van der Waals surface area contributed by atoms with E-state index in [0.717, 1.165) is 0 Å². The van der Waals surface area contributed by atoms with Crippen molar-refractivity contribution in [2.75, 3.05) is 0 Å². The summed E-state index contributed by atoms with van der Waals surface area (Å²) in [5, 5.41) is 15.8. The molecule has 10 heteroatoms. The fraction of sp³-hybridized carbons (Fsp3) is 0.500. The zero-order valence-electron chi connectivity index (χ0n) is 6.32. The molecule has 0 saturated heterocycles. The van der Waals surface area contributed by atoms with Crippen molar-refractivity contribution >= 4 is 71.1 Å². The van der Waals surface area contributed by atoms with Crippen LogP contribution in [0.5, 0.6) is 0 Å². The third kappa shape index (κ3) is 53.6. The second-order valence-corrected chi connectivity index (χ2v) is 2.83. The van der Waals surface area contributed by atoms with Crippen LogP contribution in [0.2, 0.25) is 0 Å². The Morgan fingerprint density at radius 2 is 1.07 bits per heavy atom. The molecule has 0 spiro atoms. The number of rotatable bonds is 3. The van der Waals surface area contributed by atoms with Gasteiger partial charge < -0.3 is 24.9 Å². The van der Waals surface area contributed by atoms with E-state index in [1.54, 1.807) is 0 Å². The average Bonchev–Trinajstić information content (AvgIpc) is 1.79. The molecule has 0 atom stereocenters. The van der Waals surface area contributed by atoms with Gasteiger partial charge in [0, 0.05) is 0 Å². The molecule has 0 aliphatic carbocycles. The van der Waals surface area contributed by atoms with E-state index >= 15 is 0 Å². The summed E-state index contributed by atoms with van der Waals surface area (Å²) in [5.41, 5.74) is 0. The van der Waals surface area contributed by atoms with Gasteiger partial charge in [-0.2, -0.15) is 0 Å². The molecule has 14 heavy (non-hydrogen) atoms. The molecule has 80 valence electrons. The summed E-state index contributed by atoms with van der Waals surface area (Å²) in [6.07, 6.45) is -0.593. The average molecular weight is 256 g/mol. The first-order chi connectivity index (χ1) is 5.63. The Morgan fingerprint density at radius 1 is 0.929 bits per heavy atom. The Morgan fingerprint density at radius 3 is 1.14 bits per heavy atom. The number of aliphatic carboxylic acids is 2.